The van der Waals surface area contributed by atoms with Crippen molar-refractivity contribution in [2.45, 2.75) is 26.3 Å². The molecule has 3 heteroatoms. The van der Waals surface area contributed by atoms with Crippen LogP contribution in [0.3, 0.4) is 0 Å². The minimum Gasteiger partial charge on any atom is -0.353 e. The standard InChI is InChI=1S/C13H19N3/c1-10-4-7-16(8-5-10)13-9-12(11(2)14)3-6-15-13/h3-4,6,9,11H,5,7-8,14H2,1-2H3/t11-/m1/s1. The first-order chi connectivity index (χ1) is 7.66. The molecule has 1 aromatic heterocycles. The zero-order valence-corrected chi connectivity index (χ0v) is 9.98. The van der Waals surface area contributed by atoms with Gasteiger partial charge in [-0.15, -0.1) is 0 Å². The first kappa shape index (κ1) is 11.1. The van der Waals surface area contributed by atoms with Crippen molar-refractivity contribution < 1.29 is 0 Å². The lowest BCUT2D eigenvalue weighted by molar-refractivity contribution is 0.767. The lowest BCUT2D eigenvalue weighted by Crippen LogP contribution is -2.29. The maximum absolute atomic E-state index is 5.88. The summed E-state index contributed by atoms with van der Waals surface area (Å²) in [6.07, 6.45) is 5.24. The molecule has 86 valence electrons. The van der Waals surface area contributed by atoms with Crippen molar-refractivity contribution in [2.75, 3.05) is 18.0 Å². The van der Waals surface area contributed by atoms with Gasteiger partial charge in [0.25, 0.3) is 0 Å². The maximum atomic E-state index is 5.88. The van der Waals surface area contributed by atoms with Gasteiger partial charge in [0, 0.05) is 25.3 Å². The summed E-state index contributed by atoms with van der Waals surface area (Å²) in [7, 11) is 0. The molecule has 0 aliphatic carbocycles. The summed E-state index contributed by atoms with van der Waals surface area (Å²) in [6, 6.07) is 4.15. The highest BCUT2D eigenvalue weighted by Crippen LogP contribution is 2.20. The second kappa shape index (κ2) is 4.66. The Labute approximate surface area is 97.0 Å². The molecule has 1 aliphatic rings. The van der Waals surface area contributed by atoms with E-state index in [4.69, 9.17) is 5.73 Å². The Kier molecular flexibility index (Phi) is 3.25. The Bertz CT molecular complexity index is 396. The fourth-order valence-corrected chi connectivity index (χ4v) is 1.87. The van der Waals surface area contributed by atoms with Crippen molar-refractivity contribution in [3.8, 4) is 0 Å². The average Bonchev–Trinajstić information content (AvgIpc) is 2.30. The quantitative estimate of drug-likeness (QED) is 0.773. The van der Waals surface area contributed by atoms with Crippen LogP contribution < -0.4 is 10.6 Å². The summed E-state index contributed by atoms with van der Waals surface area (Å²) in [5.41, 5.74) is 8.50. The van der Waals surface area contributed by atoms with Gasteiger partial charge in [0.15, 0.2) is 0 Å². The Morgan fingerprint density at radius 2 is 2.31 bits per heavy atom. The van der Waals surface area contributed by atoms with E-state index < -0.39 is 0 Å². The molecule has 1 aromatic rings. The van der Waals surface area contributed by atoms with Crippen LogP contribution in [0.2, 0.25) is 0 Å². The van der Waals surface area contributed by atoms with E-state index >= 15 is 0 Å². The molecule has 0 spiro atoms. The third kappa shape index (κ3) is 2.42. The van der Waals surface area contributed by atoms with Gasteiger partial charge in [-0.1, -0.05) is 11.6 Å². The second-order valence-corrected chi connectivity index (χ2v) is 4.48. The van der Waals surface area contributed by atoms with Crippen molar-refractivity contribution in [3.63, 3.8) is 0 Å². The van der Waals surface area contributed by atoms with Crippen LogP contribution in [0.15, 0.2) is 30.0 Å². The van der Waals surface area contributed by atoms with Crippen LogP contribution in [0.5, 0.6) is 0 Å². The zero-order chi connectivity index (χ0) is 11.5. The normalized spacial score (nSPS) is 18.2. The number of aromatic nitrogens is 1. The zero-order valence-electron chi connectivity index (χ0n) is 9.98. The van der Waals surface area contributed by atoms with Crippen LogP contribution >= 0.6 is 0 Å². The van der Waals surface area contributed by atoms with Gasteiger partial charge in [-0.05, 0) is 38.0 Å². The van der Waals surface area contributed by atoms with E-state index in [0.717, 1.165) is 30.9 Å². The molecule has 1 atom stereocenters. The number of rotatable bonds is 2. The van der Waals surface area contributed by atoms with Gasteiger partial charge in [0.2, 0.25) is 0 Å². The monoisotopic (exact) mass is 217 g/mol. The predicted molar refractivity (Wildman–Crippen MR) is 67.4 cm³/mol. The lowest BCUT2D eigenvalue weighted by atomic mass is 10.1. The third-order valence-corrected chi connectivity index (χ3v) is 3.06. The smallest absolute Gasteiger partial charge is 0.129 e. The number of hydrogen-bond acceptors (Lipinski definition) is 3. The molecule has 2 heterocycles. The molecule has 0 radical (unpaired) electrons. The van der Waals surface area contributed by atoms with Crippen molar-refractivity contribution in [1.29, 1.82) is 0 Å². The molecule has 3 nitrogen and oxygen atoms in total. The molecular formula is C13H19N3. The summed E-state index contributed by atoms with van der Waals surface area (Å²) in [4.78, 5) is 6.70. The number of pyridine rings is 1. The van der Waals surface area contributed by atoms with Crippen LogP contribution in [-0.4, -0.2) is 18.1 Å². The predicted octanol–water partition coefficient (Wildman–Crippen LogP) is 2.26. The summed E-state index contributed by atoms with van der Waals surface area (Å²) in [5.74, 6) is 1.04. The fourth-order valence-electron chi connectivity index (χ4n) is 1.87. The minimum absolute atomic E-state index is 0.0730. The van der Waals surface area contributed by atoms with E-state index in [1.54, 1.807) is 0 Å². The van der Waals surface area contributed by atoms with Crippen molar-refractivity contribution in [1.82, 2.24) is 4.98 Å². The highest BCUT2D eigenvalue weighted by molar-refractivity contribution is 5.43. The average molecular weight is 217 g/mol. The summed E-state index contributed by atoms with van der Waals surface area (Å²) in [5, 5.41) is 0. The van der Waals surface area contributed by atoms with Gasteiger partial charge >= 0.3 is 0 Å². The second-order valence-electron chi connectivity index (χ2n) is 4.48. The largest absolute Gasteiger partial charge is 0.353 e. The van der Waals surface area contributed by atoms with E-state index in [9.17, 15) is 0 Å². The van der Waals surface area contributed by atoms with Gasteiger partial charge < -0.3 is 10.6 Å². The van der Waals surface area contributed by atoms with Crippen LogP contribution in [0.4, 0.5) is 5.82 Å². The summed E-state index contributed by atoms with van der Waals surface area (Å²) < 4.78 is 0. The fraction of sp³-hybridized carbons (Fsp3) is 0.462. The summed E-state index contributed by atoms with van der Waals surface area (Å²) in [6.45, 7) is 6.20. The van der Waals surface area contributed by atoms with Crippen LogP contribution in [0, 0.1) is 0 Å². The van der Waals surface area contributed by atoms with Gasteiger partial charge in [-0.3, -0.25) is 0 Å². The Morgan fingerprint density at radius 3 is 2.94 bits per heavy atom. The van der Waals surface area contributed by atoms with Gasteiger partial charge in [0.05, 0.1) is 0 Å². The van der Waals surface area contributed by atoms with Crippen molar-refractivity contribution in [2.24, 2.45) is 5.73 Å². The van der Waals surface area contributed by atoms with E-state index in [-0.39, 0.29) is 6.04 Å². The van der Waals surface area contributed by atoms with Crippen LogP contribution in [0.1, 0.15) is 31.9 Å². The van der Waals surface area contributed by atoms with Gasteiger partial charge in [-0.25, -0.2) is 4.98 Å². The van der Waals surface area contributed by atoms with E-state index in [2.05, 4.69) is 29.0 Å². The van der Waals surface area contributed by atoms with E-state index in [1.807, 2.05) is 19.2 Å². The molecule has 2 rings (SSSR count). The third-order valence-electron chi connectivity index (χ3n) is 3.06. The molecule has 0 unspecified atom stereocenters. The molecule has 0 aromatic carbocycles. The lowest BCUT2D eigenvalue weighted by Gasteiger charge is -2.27. The summed E-state index contributed by atoms with van der Waals surface area (Å²) >= 11 is 0. The number of nitrogens with zero attached hydrogens (tertiary/aromatic N) is 2. The molecule has 0 bridgehead atoms. The molecule has 0 saturated carbocycles. The highest BCUT2D eigenvalue weighted by atomic mass is 15.2. The molecular weight excluding hydrogens is 198 g/mol. The van der Waals surface area contributed by atoms with E-state index in [0.29, 0.717) is 0 Å². The topological polar surface area (TPSA) is 42.1 Å². The first-order valence-corrected chi connectivity index (χ1v) is 5.79. The van der Waals surface area contributed by atoms with Crippen LogP contribution in [-0.2, 0) is 0 Å². The molecule has 16 heavy (non-hydrogen) atoms. The van der Waals surface area contributed by atoms with Gasteiger partial charge in [-0.2, -0.15) is 0 Å². The first-order valence-electron chi connectivity index (χ1n) is 5.79. The Balaban J connectivity index is 2.18. The molecule has 2 N–H and O–H groups in total. The highest BCUT2D eigenvalue weighted by Gasteiger charge is 2.12. The number of anilines is 1. The maximum Gasteiger partial charge on any atom is 0.129 e. The SMILES string of the molecule is CC1=CCN(c2cc([C@@H](C)N)ccn2)CC1. The number of nitrogens with two attached hydrogens (primary N) is 1. The molecule has 0 saturated heterocycles. The molecule has 1 aliphatic heterocycles. The Hall–Kier alpha value is -1.35. The van der Waals surface area contributed by atoms with E-state index in [1.165, 1.54) is 5.57 Å². The van der Waals surface area contributed by atoms with Crippen molar-refractivity contribution in [3.05, 3.63) is 35.5 Å². The number of hydrogen-bond donors (Lipinski definition) is 1. The molecule has 0 fully saturated rings. The van der Waals surface area contributed by atoms with Gasteiger partial charge in [0.1, 0.15) is 5.82 Å². The Morgan fingerprint density at radius 1 is 1.50 bits per heavy atom. The minimum atomic E-state index is 0.0730. The van der Waals surface area contributed by atoms with Crippen molar-refractivity contribution >= 4 is 5.82 Å². The molecule has 0 amide bonds. The van der Waals surface area contributed by atoms with Crippen LogP contribution in [0.25, 0.3) is 0 Å².